The number of aryl methyl sites for hydroxylation is 2. The van der Waals surface area contributed by atoms with E-state index in [1.165, 1.54) is 12.1 Å². The van der Waals surface area contributed by atoms with Crippen molar-refractivity contribution < 1.29 is 14.3 Å². The van der Waals surface area contributed by atoms with E-state index in [2.05, 4.69) is 5.32 Å². The molecule has 32 heavy (non-hydrogen) atoms. The normalized spacial score (nSPS) is 10.3. The van der Waals surface area contributed by atoms with Gasteiger partial charge in [0.25, 0.3) is 5.91 Å². The molecule has 1 amide bonds. The molecule has 0 spiro atoms. The Morgan fingerprint density at radius 3 is 2.59 bits per heavy atom. The highest BCUT2D eigenvalue weighted by Gasteiger charge is 2.18. The van der Waals surface area contributed by atoms with Crippen molar-refractivity contribution in [2.45, 2.75) is 18.7 Å². The maximum absolute atomic E-state index is 13.1. The number of hydrogen-bond donors (Lipinski definition) is 2. The fourth-order valence-electron chi connectivity index (χ4n) is 3.12. The van der Waals surface area contributed by atoms with E-state index in [0.29, 0.717) is 21.8 Å². The van der Waals surface area contributed by atoms with Crippen molar-refractivity contribution in [2.75, 3.05) is 11.9 Å². The average Bonchev–Trinajstić information content (AvgIpc) is 2.78. The van der Waals surface area contributed by atoms with Crippen molar-refractivity contribution in [1.82, 2.24) is 0 Å². The molecule has 8 heteroatoms. The molecule has 3 N–H and O–H groups in total. The predicted molar refractivity (Wildman–Crippen MR) is 126 cm³/mol. The molecule has 0 bridgehead atoms. The lowest BCUT2D eigenvalue weighted by Crippen LogP contribution is -2.21. The molecule has 0 aliphatic rings. The largest absolute Gasteiger partial charge is 0.483 e. The third kappa shape index (κ3) is 5.68. The van der Waals surface area contributed by atoms with E-state index in [1.807, 2.05) is 19.1 Å². The van der Waals surface area contributed by atoms with Gasteiger partial charge >= 0.3 is 0 Å². The summed E-state index contributed by atoms with van der Waals surface area (Å²) in [5, 5.41) is 17.9. The Labute approximate surface area is 195 Å². The van der Waals surface area contributed by atoms with Crippen LogP contribution in [0.1, 0.15) is 32.6 Å². The summed E-state index contributed by atoms with van der Waals surface area (Å²) in [6.45, 7) is 3.37. The summed E-state index contributed by atoms with van der Waals surface area (Å²) in [6.07, 6.45) is 0. The Kier molecular flexibility index (Phi) is 7.54. The Bertz CT molecular complexity index is 1240. The van der Waals surface area contributed by atoms with Crippen LogP contribution in [0.5, 0.6) is 5.75 Å². The van der Waals surface area contributed by atoms with Gasteiger partial charge in [-0.15, -0.1) is 0 Å². The standard InChI is InChI=1S/C24H20ClN3O3S/c1-14-7-16(12-26)10-17(8-14)24(30)20-11-18(25)3-6-22(20)31-13-23(29)28-21-5-4-19(32-27)9-15(21)2/h3-11H,13,27H2,1-2H3,(H,28,29). The number of halogens is 1. The molecule has 3 aromatic carbocycles. The maximum atomic E-state index is 13.1. The van der Waals surface area contributed by atoms with Crippen LogP contribution >= 0.6 is 23.5 Å². The molecule has 0 saturated carbocycles. The quantitative estimate of drug-likeness (QED) is 0.374. The first-order valence-electron chi connectivity index (χ1n) is 9.57. The van der Waals surface area contributed by atoms with Crippen LogP contribution in [0.3, 0.4) is 0 Å². The van der Waals surface area contributed by atoms with Crippen molar-refractivity contribution in [3.05, 3.63) is 87.4 Å². The third-order valence-corrected chi connectivity index (χ3v) is 5.38. The minimum absolute atomic E-state index is 0.209. The second kappa shape index (κ2) is 10.3. The van der Waals surface area contributed by atoms with Crippen LogP contribution in [0.4, 0.5) is 5.69 Å². The summed E-state index contributed by atoms with van der Waals surface area (Å²) in [5.41, 5.74) is 3.22. The smallest absolute Gasteiger partial charge is 0.262 e. The van der Waals surface area contributed by atoms with E-state index in [9.17, 15) is 14.9 Å². The fourth-order valence-corrected chi connectivity index (χ4v) is 3.68. The maximum Gasteiger partial charge on any atom is 0.262 e. The van der Waals surface area contributed by atoms with Gasteiger partial charge in [-0.3, -0.25) is 14.7 Å². The molecule has 0 aliphatic heterocycles. The van der Waals surface area contributed by atoms with E-state index >= 15 is 0 Å². The number of hydrogen-bond acceptors (Lipinski definition) is 6. The zero-order valence-electron chi connectivity index (χ0n) is 17.4. The Morgan fingerprint density at radius 2 is 1.91 bits per heavy atom. The van der Waals surface area contributed by atoms with Gasteiger partial charge in [0.1, 0.15) is 5.75 Å². The number of amides is 1. The van der Waals surface area contributed by atoms with Crippen LogP contribution in [0.15, 0.2) is 59.5 Å². The van der Waals surface area contributed by atoms with Gasteiger partial charge < -0.3 is 10.1 Å². The van der Waals surface area contributed by atoms with Crippen molar-refractivity contribution in [3.8, 4) is 11.8 Å². The van der Waals surface area contributed by atoms with Crippen molar-refractivity contribution in [2.24, 2.45) is 5.14 Å². The van der Waals surface area contributed by atoms with Gasteiger partial charge in [0.15, 0.2) is 12.4 Å². The first-order valence-corrected chi connectivity index (χ1v) is 10.8. The molecule has 0 unspecified atom stereocenters. The Morgan fingerprint density at radius 1 is 1.12 bits per heavy atom. The van der Waals surface area contributed by atoms with Crippen LogP contribution in [0.2, 0.25) is 5.02 Å². The second-order valence-corrected chi connectivity index (χ2v) is 8.24. The highest BCUT2D eigenvalue weighted by atomic mass is 35.5. The van der Waals surface area contributed by atoms with Gasteiger partial charge in [0.2, 0.25) is 0 Å². The molecule has 0 radical (unpaired) electrons. The minimum Gasteiger partial charge on any atom is -0.483 e. The number of ether oxygens (including phenoxy) is 1. The lowest BCUT2D eigenvalue weighted by molar-refractivity contribution is -0.118. The minimum atomic E-state index is -0.378. The summed E-state index contributed by atoms with van der Waals surface area (Å²) >= 11 is 7.23. The number of nitriles is 1. The van der Waals surface area contributed by atoms with E-state index < -0.39 is 0 Å². The van der Waals surface area contributed by atoms with Gasteiger partial charge in [-0.1, -0.05) is 11.6 Å². The molecule has 0 saturated heterocycles. The second-order valence-electron chi connectivity index (χ2n) is 7.10. The first-order chi connectivity index (χ1) is 15.3. The average molecular weight is 466 g/mol. The van der Waals surface area contributed by atoms with Crippen LogP contribution < -0.4 is 15.2 Å². The number of nitrogens with zero attached hydrogens (tertiary/aromatic N) is 1. The molecular weight excluding hydrogens is 446 g/mol. The van der Waals surface area contributed by atoms with E-state index in [4.69, 9.17) is 21.5 Å². The van der Waals surface area contributed by atoms with Gasteiger partial charge in [0.05, 0.1) is 17.2 Å². The lowest BCUT2D eigenvalue weighted by Gasteiger charge is -2.13. The van der Waals surface area contributed by atoms with E-state index in [0.717, 1.165) is 28.0 Å². The Balaban J connectivity index is 1.78. The monoisotopic (exact) mass is 465 g/mol. The zero-order chi connectivity index (χ0) is 23.3. The number of nitrogens with one attached hydrogen (secondary N) is 1. The van der Waals surface area contributed by atoms with Gasteiger partial charge in [-0.25, -0.2) is 0 Å². The number of ketones is 1. The van der Waals surface area contributed by atoms with Crippen LogP contribution in [-0.2, 0) is 4.79 Å². The molecule has 0 aliphatic carbocycles. The molecule has 6 nitrogen and oxygen atoms in total. The van der Waals surface area contributed by atoms with E-state index in [-0.39, 0.29) is 29.6 Å². The molecule has 0 atom stereocenters. The van der Waals surface area contributed by atoms with Crippen molar-refractivity contribution in [1.29, 1.82) is 5.26 Å². The summed E-state index contributed by atoms with van der Waals surface area (Å²) < 4.78 is 5.66. The van der Waals surface area contributed by atoms with Gasteiger partial charge in [-0.2, -0.15) is 5.26 Å². The molecule has 162 valence electrons. The highest BCUT2D eigenvalue weighted by Crippen LogP contribution is 2.27. The number of carbonyl (C=O) groups excluding carboxylic acids is 2. The summed E-state index contributed by atoms with van der Waals surface area (Å²) in [6, 6.07) is 17.0. The Hall–Kier alpha value is -3.31. The van der Waals surface area contributed by atoms with Crippen LogP contribution in [0, 0.1) is 25.2 Å². The summed E-state index contributed by atoms with van der Waals surface area (Å²) in [5.74, 6) is -0.507. The summed E-state index contributed by atoms with van der Waals surface area (Å²) in [7, 11) is 0. The van der Waals surface area contributed by atoms with E-state index in [1.54, 1.807) is 43.3 Å². The molecule has 3 rings (SSSR count). The summed E-state index contributed by atoms with van der Waals surface area (Å²) in [4.78, 5) is 26.4. The molecule has 0 heterocycles. The fraction of sp³-hybridized carbons (Fsp3) is 0.125. The number of carbonyl (C=O) groups is 2. The molecule has 0 fully saturated rings. The number of nitrogens with two attached hydrogens (primary N) is 1. The van der Waals surface area contributed by atoms with Crippen molar-refractivity contribution >= 4 is 40.9 Å². The SMILES string of the molecule is Cc1cc(C#N)cc(C(=O)c2cc(Cl)ccc2OCC(=O)Nc2ccc(SN)cc2C)c1. The first kappa shape index (κ1) is 23.4. The highest BCUT2D eigenvalue weighted by molar-refractivity contribution is 7.97. The third-order valence-electron chi connectivity index (χ3n) is 4.62. The molecular formula is C24H20ClN3O3S. The molecule has 0 aromatic heterocycles. The van der Waals surface area contributed by atoms with Gasteiger partial charge in [0, 0.05) is 21.2 Å². The topological polar surface area (TPSA) is 105 Å². The number of rotatable bonds is 7. The van der Waals surface area contributed by atoms with Crippen LogP contribution in [0.25, 0.3) is 0 Å². The van der Waals surface area contributed by atoms with Crippen LogP contribution in [-0.4, -0.2) is 18.3 Å². The molecule has 3 aromatic rings. The zero-order valence-corrected chi connectivity index (χ0v) is 19.0. The lowest BCUT2D eigenvalue weighted by atomic mass is 9.98. The number of benzene rings is 3. The van der Waals surface area contributed by atoms with Crippen molar-refractivity contribution in [3.63, 3.8) is 0 Å². The van der Waals surface area contributed by atoms with Gasteiger partial charge in [-0.05, 0) is 91.5 Å². The number of anilines is 1. The predicted octanol–water partition coefficient (Wildman–Crippen LogP) is 5.04.